The van der Waals surface area contributed by atoms with Gasteiger partial charge in [0.1, 0.15) is 6.33 Å². The van der Waals surface area contributed by atoms with Crippen LogP contribution >= 0.6 is 0 Å². The fourth-order valence-electron chi connectivity index (χ4n) is 3.10. The van der Waals surface area contributed by atoms with E-state index in [0.717, 1.165) is 22.3 Å². The molecule has 0 aliphatic carbocycles. The number of aromatic nitrogens is 2. The van der Waals surface area contributed by atoms with Gasteiger partial charge >= 0.3 is 5.97 Å². The van der Waals surface area contributed by atoms with Crippen molar-refractivity contribution < 1.29 is 14.3 Å². The van der Waals surface area contributed by atoms with Crippen LogP contribution in [0.3, 0.4) is 0 Å². The number of esters is 1. The first-order valence-electron chi connectivity index (χ1n) is 9.14. The minimum atomic E-state index is -0.383. The van der Waals surface area contributed by atoms with Crippen LogP contribution in [0.5, 0.6) is 0 Å². The van der Waals surface area contributed by atoms with Crippen LogP contribution in [0.25, 0.3) is 16.7 Å². The molecular weight excluding hydrogens is 366 g/mol. The van der Waals surface area contributed by atoms with Crippen molar-refractivity contribution in [3.8, 4) is 5.69 Å². The van der Waals surface area contributed by atoms with Gasteiger partial charge in [-0.2, -0.15) is 0 Å². The van der Waals surface area contributed by atoms with Crippen molar-refractivity contribution in [2.24, 2.45) is 0 Å². The van der Waals surface area contributed by atoms with Gasteiger partial charge in [-0.15, -0.1) is 0 Å². The second kappa shape index (κ2) is 7.98. The smallest absolute Gasteiger partial charge is 0.337 e. The van der Waals surface area contributed by atoms with E-state index in [-0.39, 0.29) is 11.9 Å². The lowest BCUT2D eigenvalue weighted by atomic mass is 10.1. The van der Waals surface area contributed by atoms with Crippen molar-refractivity contribution >= 4 is 22.9 Å². The number of carbonyl (C=O) groups excluding carboxylic acids is 2. The maximum absolute atomic E-state index is 12.4. The summed E-state index contributed by atoms with van der Waals surface area (Å²) >= 11 is 0. The number of methoxy groups -OCH3 is 1. The van der Waals surface area contributed by atoms with Crippen LogP contribution < -0.4 is 5.32 Å². The van der Waals surface area contributed by atoms with Gasteiger partial charge in [-0.25, -0.2) is 9.78 Å². The number of carbonyl (C=O) groups is 2. The molecule has 0 aliphatic heterocycles. The predicted octanol–water partition coefficient (Wildman–Crippen LogP) is 3.74. The Morgan fingerprint density at radius 2 is 1.62 bits per heavy atom. The zero-order valence-corrected chi connectivity index (χ0v) is 15.8. The molecule has 0 saturated heterocycles. The summed E-state index contributed by atoms with van der Waals surface area (Å²) in [5.74, 6) is -0.546. The highest BCUT2D eigenvalue weighted by molar-refractivity contribution is 5.94. The number of hydrogen-bond donors (Lipinski definition) is 1. The van der Waals surface area contributed by atoms with Gasteiger partial charge in [-0.05, 0) is 54.1 Å². The fourth-order valence-corrected chi connectivity index (χ4v) is 3.10. The van der Waals surface area contributed by atoms with E-state index in [1.54, 1.807) is 42.7 Å². The van der Waals surface area contributed by atoms with Crippen LogP contribution in [-0.4, -0.2) is 28.5 Å². The van der Waals surface area contributed by atoms with Crippen molar-refractivity contribution in [3.63, 3.8) is 0 Å². The molecule has 6 heteroatoms. The fraction of sp³-hybridized carbons (Fsp3) is 0.0870. The number of benzene rings is 3. The monoisotopic (exact) mass is 385 g/mol. The number of amides is 1. The average Bonchev–Trinajstić information content (AvgIpc) is 3.21. The molecule has 0 aliphatic rings. The molecule has 1 amide bonds. The zero-order valence-electron chi connectivity index (χ0n) is 15.8. The van der Waals surface area contributed by atoms with Crippen LogP contribution in [0.1, 0.15) is 26.3 Å². The van der Waals surface area contributed by atoms with Gasteiger partial charge < -0.3 is 10.1 Å². The third kappa shape index (κ3) is 3.87. The molecule has 29 heavy (non-hydrogen) atoms. The lowest BCUT2D eigenvalue weighted by Crippen LogP contribution is -2.22. The normalized spacial score (nSPS) is 10.7. The minimum Gasteiger partial charge on any atom is -0.465 e. The van der Waals surface area contributed by atoms with Crippen molar-refractivity contribution in [3.05, 3.63) is 95.8 Å². The van der Waals surface area contributed by atoms with E-state index in [0.29, 0.717) is 17.7 Å². The molecule has 0 bridgehead atoms. The molecule has 0 saturated carbocycles. The Hall–Kier alpha value is -3.93. The molecule has 3 aromatic carbocycles. The van der Waals surface area contributed by atoms with Crippen molar-refractivity contribution in [1.29, 1.82) is 0 Å². The number of imidazole rings is 1. The standard InChI is InChI=1S/C23H19N3O3/c1-29-23(28)18-8-6-16(7-9-18)14-24-22(27)17-10-12-19(13-11-17)26-15-25-20-4-2-3-5-21(20)26/h2-13,15H,14H2,1H3,(H,24,27). The first-order chi connectivity index (χ1) is 14.2. The predicted molar refractivity (Wildman–Crippen MR) is 110 cm³/mol. The molecule has 4 rings (SSSR count). The highest BCUT2D eigenvalue weighted by atomic mass is 16.5. The van der Waals surface area contributed by atoms with Gasteiger partial charge in [0, 0.05) is 17.8 Å². The Morgan fingerprint density at radius 3 is 2.34 bits per heavy atom. The summed E-state index contributed by atoms with van der Waals surface area (Å²) in [6.07, 6.45) is 1.78. The number of nitrogens with zero attached hydrogens (tertiary/aromatic N) is 2. The Morgan fingerprint density at radius 1 is 0.931 bits per heavy atom. The van der Waals surface area contributed by atoms with E-state index in [2.05, 4.69) is 15.0 Å². The molecule has 1 aromatic heterocycles. The number of hydrogen-bond acceptors (Lipinski definition) is 4. The SMILES string of the molecule is COC(=O)c1ccc(CNC(=O)c2ccc(-n3cnc4ccccc43)cc2)cc1. The molecule has 1 N–H and O–H groups in total. The lowest BCUT2D eigenvalue weighted by Gasteiger charge is -2.08. The average molecular weight is 385 g/mol. The second-order valence-electron chi connectivity index (χ2n) is 6.52. The molecule has 4 aromatic rings. The maximum atomic E-state index is 12.4. The summed E-state index contributed by atoms with van der Waals surface area (Å²) in [6, 6.07) is 22.2. The highest BCUT2D eigenvalue weighted by Gasteiger charge is 2.09. The van der Waals surface area contributed by atoms with Crippen LogP contribution in [0.2, 0.25) is 0 Å². The third-order valence-corrected chi connectivity index (χ3v) is 4.69. The quantitative estimate of drug-likeness (QED) is 0.531. The van der Waals surface area contributed by atoms with Crippen molar-refractivity contribution in [2.45, 2.75) is 6.54 Å². The number of ether oxygens (including phenoxy) is 1. The molecule has 1 heterocycles. The van der Waals surface area contributed by atoms with Gasteiger partial charge in [0.25, 0.3) is 5.91 Å². The van der Waals surface area contributed by atoms with Gasteiger partial charge in [-0.1, -0.05) is 24.3 Å². The van der Waals surface area contributed by atoms with Gasteiger partial charge in [0.15, 0.2) is 0 Å². The number of rotatable bonds is 5. The minimum absolute atomic E-state index is 0.163. The van der Waals surface area contributed by atoms with E-state index in [9.17, 15) is 9.59 Å². The summed E-state index contributed by atoms with van der Waals surface area (Å²) in [5.41, 5.74) is 4.82. The van der Waals surface area contributed by atoms with E-state index < -0.39 is 0 Å². The largest absolute Gasteiger partial charge is 0.465 e. The molecule has 0 atom stereocenters. The maximum Gasteiger partial charge on any atom is 0.337 e. The third-order valence-electron chi connectivity index (χ3n) is 4.69. The lowest BCUT2D eigenvalue weighted by molar-refractivity contribution is 0.0600. The van der Waals surface area contributed by atoms with E-state index in [1.165, 1.54) is 7.11 Å². The second-order valence-corrected chi connectivity index (χ2v) is 6.52. The van der Waals surface area contributed by atoms with Crippen molar-refractivity contribution in [1.82, 2.24) is 14.9 Å². The van der Waals surface area contributed by atoms with Crippen LogP contribution in [0, 0.1) is 0 Å². The highest BCUT2D eigenvalue weighted by Crippen LogP contribution is 2.18. The summed E-state index contributed by atoms with van der Waals surface area (Å²) in [5, 5.41) is 2.89. The summed E-state index contributed by atoms with van der Waals surface area (Å²) in [6.45, 7) is 0.369. The van der Waals surface area contributed by atoms with Gasteiger partial charge in [-0.3, -0.25) is 9.36 Å². The van der Waals surface area contributed by atoms with E-state index in [4.69, 9.17) is 0 Å². The topological polar surface area (TPSA) is 73.2 Å². The van der Waals surface area contributed by atoms with Gasteiger partial charge in [0.2, 0.25) is 0 Å². The molecular formula is C23H19N3O3. The zero-order chi connectivity index (χ0) is 20.2. The van der Waals surface area contributed by atoms with E-state index in [1.807, 2.05) is 41.0 Å². The molecule has 6 nitrogen and oxygen atoms in total. The number of fused-ring (bicyclic) bond motifs is 1. The molecule has 0 radical (unpaired) electrons. The first-order valence-corrected chi connectivity index (χ1v) is 9.14. The molecule has 144 valence electrons. The van der Waals surface area contributed by atoms with Gasteiger partial charge in [0.05, 0.1) is 23.7 Å². The van der Waals surface area contributed by atoms with Crippen LogP contribution in [0.4, 0.5) is 0 Å². The summed E-state index contributed by atoms with van der Waals surface area (Å²) in [7, 11) is 1.34. The summed E-state index contributed by atoms with van der Waals surface area (Å²) in [4.78, 5) is 28.3. The Bertz CT molecular complexity index is 1160. The number of nitrogens with one attached hydrogen (secondary N) is 1. The van der Waals surface area contributed by atoms with E-state index >= 15 is 0 Å². The van der Waals surface area contributed by atoms with Crippen molar-refractivity contribution in [2.75, 3.05) is 7.11 Å². The number of para-hydroxylation sites is 2. The first kappa shape index (κ1) is 18.4. The Labute approximate surface area is 167 Å². The van der Waals surface area contributed by atoms with Crippen LogP contribution in [0.15, 0.2) is 79.1 Å². The summed E-state index contributed by atoms with van der Waals surface area (Å²) < 4.78 is 6.66. The Balaban J connectivity index is 1.42. The van der Waals surface area contributed by atoms with Crippen LogP contribution in [-0.2, 0) is 11.3 Å². The molecule has 0 unspecified atom stereocenters. The molecule has 0 fully saturated rings. The molecule has 0 spiro atoms. The Kier molecular flexibility index (Phi) is 5.07.